The molecule has 0 atom stereocenters. The van der Waals surface area contributed by atoms with Gasteiger partial charge in [-0.3, -0.25) is 4.79 Å². The molecule has 0 aromatic carbocycles. The number of carbonyl (C=O) groups is 1. The topological polar surface area (TPSA) is 68.0 Å². The van der Waals surface area contributed by atoms with Crippen LogP contribution in [-0.2, 0) is 4.79 Å². The molecule has 2 aromatic rings. The first-order chi connectivity index (χ1) is 9.95. The second kappa shape index (κ2) is 5.00. The molecule has 5 heteroatoms. The van der Waals surface area contributed by atoms with Crippen LogP contribution in [-0.4, -0.2) is 10.9 Å². The average Bonchev–Trinajstić information content (AvgIpc) is 2.92. The maximum atomic E-state index is 12.1. The molecule has 0 radical (unpaired) electrons. The highest BCUT2D eigenvalue weighted by molar-refractivity contribution is 7.13. The monoisotopic (exact) mass is 299 g/mol. The lowest BCUT2D eigenvalue weighted by Gasteiger charge is -2.01. The predicted octanol–water partition coefficient (Wildman–Crippen LogP) is 3.65. The van der Waals surface area contributed by atoms with Crippen molar-refractivity contribution in [3.63, 3.8) is 0 Å². The number of amides is 1. The SMILES string of the molecule is Cc1cc(C=C2C(=O)Nc3ncc(N)cc32)sc1C(C)C. The Morgan fingerprint density at radius 2 is 2.14 bits per heavy atom. The number of nitrogens with one attached hydrogen (secondary N) is 1. The van der Waals surface area contributed by atoms with Crippen LogP contribution in [0.1, 0.15) is 40.6 Å². The van der Waals surface area contributed by atoms with E-state index >= 15 is 0 Å². The van der Waals surface area contributed by atoms with E-state index in [-0.39, 0.29) is 5.91 Å². The number of nitrogens with two attached hydrogens (primary N) is 1. The highest BCUT2D eigenvalue weighted by Crippen LogP contribution is 2.35. The van der Waals surface area contributed by atoms with Gasteiger partial charge in [0.1, 0.15) is 5.82 Å². The lowest BCUT2D eigenvalue weighted by atomic mass is 10.1. The van der Waals surface area contributed by atoms with Crippen molar-refractivity contribution in [1.82, 2.24) is 4.98 Å². The normalized spacial score (nSPS) is 15.6. The fraction of sp³-hybridized carbons (Fsp3) is 0.250. The Morgan fingerprint density at radius 3 is 2.81 bits per heavy atom. The van der Waals surface area contributed by atoms with Crippen LogP contribution in [0.2, 0.25) is 0 Å². The number of aryl methyl sites for hydroxylation is 1. The van der Waals surface area contributed by atoms with Crippen molar-refractivity contribution in [1.29, 1.82) is 0 Å². The van der Waals surface area contributed by atoms with E-state index in [0.29, 0.717) is 23.0 Å². The van der Waals surface area contributed by atoms with Gasteiger partial charge in [-0.05, 0) is 36.6 Å². The quantitative estimate of drug-likeness (QED) is 0.832. The summed E-state index contributed by atoms with van der Waals surface area (Å²) in [5, 5.41) is 2.77. The van der Waals surface area contributed by atoms with Crippen LogP contribution in [0.4, 0.5) is 11.5 Å². The van der Waals surface area contributed by atoms with Gasteiger partial charge in [0.2, 0.25) is 0 Å². The number of carbonyl (C=O) groups excluding carboxylic acids is 1. The van der Waals surface area contributed by atoms with Gasteiger partial charge in [-0.2, -0.15) is 0 Å². The standard InChI is InChI=1S/C16H17N3OS/c1-8(2)14-9(3)4-11(21-14)6-13-12-5-10(17)7-18-15(12)19-16(13)20/h4-8H,17H2,1-3H3,(H,18,19,20). The predicted molar refractivity (Wildman–Crippen MR) is 88.3 cm³/mol. The minimum atomic E-state index is -0.125. The zero-order valence-electron chi connectivity index (χ0n) is 12.2. The van der Waals surface area contributed by atoms with Crippen molar-refractivity contribution < 1.29 is 4.79 Å². The summed E-state index contributed by atoms with van der Waals surface area (Å²) >= 11 is 1.73. The van der Waals surface area contributed by atoms with Gasteiger partial charge >= 0.3 is 0 Å². The van der Waals surface area contributed by atoms with Gasteiger partial charge in [0, 0.05) is 15.3 Å². The molecule has 0 spiro atoms. The Balaban J connectivity index is 2.06. The van der Waals surface area contributed by atoms with E-state index in [1.54, 1.807) is 23.6 Å². The molecule has 2 aromatic heterocycles. The molecular formula is C16H17N3OS. The van der Waals surface area contributed by atoms with E-state index in [0.717, 1.165) is 10.4 Å². The van der Waals surface area contributed by atoms with Gasteiger partial charge in [-0.15, -0.1) is 11.3 Å². The number of rotatable bonds is 2. The summed E-state index contributed by atoms with van der Waals surface area (Å²) in [6, 6.07) is 3.91. The minimum absolute atomic E-state index is 0.125. The highest BCUT2D eigenvalue weighted by atomic mass is 32.1. The average molecular weight is 299 g/mol. The molecule has 21 heavy (non-hydrogen) atoms. The largest absolute Gasteiger partial charge is 0.397 e. The van der Waals surface area contributed by atoms with Gasteiger partial charge in [0.15, 0.2) is 0 Å². The van der Waals surface area contributed by atoms with E-state index in [9.17, 15) is 4.79 Å². The number of nitrogens with zero attached hydrogens (tertiary/aromatic N) is 1. The van der Waals surface area contributed by atoms with Crippen LogP contribution < -0.4 is 11.1 Å². The number of aromatic nitrogens is 1. The zero-order chi connectivity index (χ0) is 15.1. The summed E-state index contributed by atoms with van der Waals surface area (Å²) in [5.74, 6) is 0.946. The smallest absolute Gasteiger partial charge is 0.257 e. The number of anilines is 2. The van der Waals surface area contributed by atoms with Crippen LogP contribution in [0, 0.1) is 6.92 Å². The summed E-state index contributed by atoms with van der Waals surface area (Å²) in [5.41, 5.74) is 9.00. The van der Waals surface area contributed by atoms with E-state index in [4.69, 9.17) is 5.73 Å². The zero-order valence-corrected chi connectivity index (χ0v) is 13.0. The Kier molecular flexibility index (Phi) is 3.29. The highest BCUT2D eigenvalue weighted by Gasteiger charge is 2.25. The first-order valence-electron chi connectivity index (χ1n) is 6.85. The lowest BCUT2D eigenvalue weighted by Crippen LogP contribution is -2.04. The maximum Gasteiger partial charge on any atom is 0.257 e. The van der Waals surface area contributed by atoms with Crippen LogP contribution in [0.3, 0.4) is 0 Å². The second-order valence-electron chi connectivity index (χ2n) is 5.53. The summed E-state index contributed by atoms with van der Waals surface area (Å²) in [4.78, 5) is 18.7. The summed E-state index contributed by atoms with van der Waals surface area (Å²) in [7, 11) is 0. The molecule has 1 amide bonds. The molecule has 0 bridgehead atoms. The van der Waals surface area contributed by atoms with Crippen LogP contribution >= 0.6 is 11.3 Å². The number of fused-ring (bicyclic) bond motifs is 1. The van der Waals surface area contributed by atoms with Gasteiger partial charge in [-0.1, -0.05) is 13.8 Å². The molecule has 3 heterocycles. The van der Waals surface area contributed by atoms with Crippen molar-refractivity contribution in [3.05, 3.63) is 39.2 Å². The number of pyridine rings is 1. The molecule has 0 saturated heterocycles. The number of thiophene rings is 1. The molecule has 0 unspecified atom stereocenters. The molecule has 3 rings (SSSR count). The molecule has 0 aliphatic carbocycles. The fourth-order valence-electron chi connectivity index (χ4n) is 2.53. The first kappa shape index (κ1) is 13.8. The van der Waals surface area contributed by atoms with Gasteiger partial charge in [-0.25, -0.2) is 4.98 Å². The molecular weight excluding hydrogens is 282 g/mol. The second-order valence-corrected chi connectivity index (χ2v) is 6.64. The summed E-state index contributed by atoms with van der Waals surface area (Å²) < 4.78 is 0. The van der Waals surface area contributed by atoms with E-state index in [1.807, 2.05) is 6.08 Å². The van der Waals surface area contributed by atoms with Crippen LogP contribution in [0.5, 0.6) is 0 Å². The molecule has 0 saturated carbocycles. The van der Waals surface area contributed by atoms with Crippen LogP contribution in [0.25, 0.3) is 11.6 Å². The van der Waals surface area contributed by atoms with Crippen molar-refractivity contribution in [2.24, 2.45) is 0 Å². The Labute approximate surface area is 127 Å². The fourth-order valence-corrected chi connectivity index (χ4v) is 3.66. The number of hydrogen-bond acceptors (Lipinski definition) is 4. The van der Waals surface area contributed by atoms with Crippen molar-refractivity contribution in [3.8, 4) is 0 Å². The minimum Gasteiger partial charge on any atom is -0.397 e. The lowest BCUT2D eigenvalue weighted by molar-refractivity contribution is -0.110. The van der Waals surface area contributed by atoms with Crippen molar-refractivity contribution in [2.75, 3.05) is 11.1 Å². The van der Waals surface area contributed by atoms with Crippen LogP contribution in [0.15, 0.2) is 18.3 Å². The molecule has 0 fully saturated rings. The molecule has 4 nitrogen and oxygen atoms in total. The third-order valence-electron chi connectivity index (χ3n) is 3.46. The van der Waals surface area contributed by atoms with Gasteiger partial charge < -0.3 is 11.1 Å². The molecule has 1 aliphatic rings. The van der Waals surface area contributed by atoms with Crippen molar-refractivity contribution in [2.45, 2.75) is 26.7 Å². The summed E-state index contributed by atoms with van der Waals surface area (Å²) in [6.07, 6.45) is 3.47. The van der Waals surface area contributed by atoms with Gasteiger partial charge in [0.25, 0.3) is 5.91 Å². The van der Waals surface area contributed by atoms with Crippen molar-refractivity contribution >= 4 is 40.4 Å². The Morgan fingerprint density at radius 1 is 1.38 bits per heavy atom. The van der Waals surface area contributed by atoms with E-state index in [2.05, 4.69) is 37.1 Å². The number of hydrogen-bond donors (Lipinski definition) is 2. The van der Waals surface area contributed by atoms with E-state index < -0.39 is 0 Å². The maximum absolute atomic E-state index is 12.1. The Bertz CT molecular complexity index is 759. The molecule has 3 N–H and O–H groups in total. The Hall–Kier alpha value is -2.14. The third-order valence-corrected chi connectivity index (χ3v) is 4.95. The molecule has 1 aliphatic heterocycles. The van der Waals surface area contributed by atoms with E-state index in [1.165, 1.54) is 10.4 Å². The molecule has 108 valence electrons. The number of nitrogen functional groups attached to an aromatic ring is 1. The van der Waals surface area contributed by atoms with Gasteiger partial charge in [0.05, 0.1) is 17.5 Å². The third kappa shape index (κ3) is 2.45. The summed E-state index contributed by atoms with van der Waals surface area (Å²) in [6.45, 7) is 6.46. The first-order valence-corrected chi connectivity index (χ1v) is 7.66.